The molecule has 9 heteroatoms. The Morgan fingerprint density at radius 1 is 0.657 bits per heavy atom. The van der Waals surface area contributed by atoms with E-state index < -0.39 is 34.8 Å². The number of carbonyl (C=O) groups is 1. The summed E-state index contributed by atoms with van der Waals surface area (Å²) in [5.74, 6) is -0.668. The number of amides is 1. The average molecular weight is 494 g/mol. The summed E-state index contributed by atoms with van der Waals surface area (Å²) in [5.41, 5.74) is -3.11. The van der Waals surface area contributed by atoms with E-state index in [9.17, 15) is 31.1 Å². The second kappa shape index (κ2) is 9.28. The second-order valence-electron chi connectivity index (χ2n) is 8.67. The van der Waals surface area contributed by atoms with Crippen molar-refractivity contribution in [1.82, 2.24) is 0 Å². The monoisotopic (exact) mass is 494 g/mol. The number of rotatable bonds is 5. The zero-order valence-corrected chi connectivity index (χ0v) is 19.5. The molecule has 0 bridgehead atoms. The Morgan fingerprint density at radius 3 is 1.57 bits per heavy atom. The normalized spacial score (nSPS) is 12.4. The first kappa shape index (κ1) is 26.1. The van der Waals surface area contributed by atoms with Crippen molar-refractivity contribution in [1.29, 1.82) is 0 Å². The molecule has 3 nitrogen and oxygen atoms in total. The van der Waals surface area contributed by atoms with E-state index >= 15 is 0 Å². The fourth-order valence-corrected chi connectivity index (χ4v) is 3.79. The van der Waals surface area contributed by atoms with Crippen LogP contribution < -0.4 is 9.80 Å². The van der Waals surface area contributed by atoms with Gasteiger partial charge in [-0.25, -0.2) is 0 Å². The molecule has 0 aliphatic rings. The quantitative estimate of drug-likeness (QED) is 0.345. The van der Waals surface area contributed by atoms with Crippen LogP contribution in [0.25, 0.3) is 0 Å². The Hall–Kier alpha value is -3.49. The lowest BCUT2D eigenvalue weighted by molar-refractivity contribution is -0.143. The van der Waals surface area contributed by atoms with Gasteiger partial charge in [0.15, 0.2) is 0 Å². The molecule has 3 aromatic rings. The summed E-state index contributed by atoms with van der Waals surface area (Å²) in [5, 5.41) is 0. The summed E-state index contributed by atoms with van der Waals surface area (Å²) in [6.07, 6.45) is -10.0. The summed E-state index contributed by atoms with van der Waals surface area (Å²) in [6.45, 7) is 2.62. The highest BCUT2D eigenvalue weighted by Crippen LogP contribution is 2.40. The number of benzene rings is 3. The van der Waals surface area contributed by atoms with Crippen molar-refractivity contribution in [3.05, 3.63) is 89.5 Å². The molecule has 0 saturated carbocycles. The smallest absolute Gasteiger partial charge is 0.343 e. The molecule has 186 valence electrons. The third-order valence-corrected chi connectivity index (χ3v) is 5.90. The molecule has 0 heterocycles. The molecule has 0 spiro atoms. The fraction of sp³-hybridized carbons (Fsp3) is 0.269. The largest absolute Gasteiger partial charge is 0.416 e. The number of carbonyl (C=O) groups excluding carboxylic acids is 1. The fourth-order valence-electron chi connectivity index (χ4n) is 3.79. The molecule has 0 atom stereocenters. The third-order valence-electron chi connectivity index (χ3n) is 5.90. The highest BCUT2D eigenvalue weighted by Gasteiger charge is 2.41. The maximum absolute atomic E-state index is 13.5. The third kappa shape index (κ3) is 5.44. The van der Waals surface area contributed by atoms with Crippen LogP contribution >= 0.6 is 0 Å². The van der Waals surface area contributed by atoms with Gasteiger partial charge in [0.05, 0.1) is 27.9 Å². The van der Waals surface area contributed by atoms with Gasteiger partial charge in [0.1, 0.15) is 0 Å². The number of hydrogen-bond acceptors (Lipinski definition) is 2. The minimum Gasteiger partial charge on any atom is -0.343 e. The van der Waals surface area contributed by atoms with Crippen molar-refractivity contribution >= 4 is 23.0 Å². The summed E-state index contributed by atoms with van der Waals surface area (Å²) in [7, 11) is 3.24. The molecule has 0 aliphatic carbocycles. The average Bonchev–Trinajstić information content (AvgIpc) is 2.81. The minimum absolute atomic E-state index is 0.0535. The molecule has 0 fully saturated rings. The van der Waals surface area contributed by atoms with Crippen molar-refractivity contribution in [3.63, 3.8) is 0 Å². The van der Waals surface area contributed by atoms with E-state index in [1.807, 2.05) is 35.2 Å². The minimum atomic E-state index is -5.01. The maximum atomic E-state index is 13.5. The van der Waals surface area contributed by atoms with E-state index in [4.69, 9.17) is 0 Å². The Kier molecular flexibility index (Phi) is 6.93. The SMILES string of the molecule is CN(C(=O)C(C)(C)c1cc(C(F)(F)F)cc(C(F)(F)F)c1)c1ccccc1N(C)c1ccccc1. The lowest BCUT2D eigenvalue weighted by atomic mass is 9.81. The predicted molar refractivity (Wildman–Crippen MR) is 124 cm³/mol. The summed E-state index contributed by atoms with van der Waals surface area (Å²) >= 11 is 0. The van der Waals surface area contributed by atoms with E-state index in [0.29, 0.717) is 23.5 Å². The number of anilines is 3. The van der Waals surface area contributed by atoms with Gasteiger partial charge in [-0.1, -0.05) is 30.3 Å². The van der Waals surface area contributed by atoms with Crippen LogP contribution in [0.5, 0.6) is 0 Å². The second-order valence-corrected chi connectivity index (χ2v) is 8.67. The van der Waals surface area contributed by atoms with Crippen LogP contribution in [0, 0.1) is 0 Å². The van der Waals surface area contributed by atoms with E-state index in [1.165, 1.54) is 25.8 Å². The molecule has 1 amide bonds. The Morgan fingerprint density at radius 2 is 1.09 bits per heavy atom. The topological polar surface area (TPSA) is 23.6 Å². The highest BCUT2D eigenvalue weighted by atomic mass is 19.4. The van der Waals surface area contributed by atoms with Gasteiger partial charge in [-0.05, 0) is 61.9 Å². The maximum Gasteiger partial charge on any atom is 0.416 e. The zero-order chi connectivity index (χ0) is 26.2. The molecule has 3 aromatic carbocycles. The molecule has 3 rings (SSSR count). The Balaban J connectivity index is 2.06. The van der Waals surface area contributed by atoms with Crippen LogP contribution in [0.1, 0.15) is 30.5 Å². The van der Waals surface area contributed by atoms with Crippen molar-refractivity contribution in [2.24, 2.45) is 0 Å². The lowest BCUT2D eigenvalue weighted by Gasteiger charge is -2.33. The first-order valence-corrected chi connectivity index (χ1v) is 10.6. The number of alkyl halides is 6. The molecule has 35 heavy (non-hydrogen) atoms. The van der Waals surface area contributed by atoms with Gasteiger partial charge >= 0.3 is 12.4 Å². The summed E-state index contributed by atoms with van der Waals surface area (Å²) in [6, 6.07) is 17.4. The molecular formula is C26H24F6N2O. The molecule has 0 unspecified atom stereocenters. The number of hydrogen-bond donors (Lipinski definition) is 0. The van der Waals surface area contributed by atoms with Gasteiger partial charge in [0, 0.05) is 19.8 Å². The van der Waals surface area contributed by atoms with Gasteiger partial charge in [-0.15, -0.1) is 0 Å². The summed E-state index contributed by atoms with van der Waals surface area (Å²) in [4.78, 5) is 16.6. The highest BCUT2D eigenvalue weighted by molar-refractivity contribution is 6.03. The van der Waals surface area contributed by atoms with Crippen molar-refractivity contribution < 1.29 is 31.1 Å². The zero-order valence-electron chi connectivity index (χ0n) is 19.5. The van der Waals surface area contributed by atoms with Crippen LogP contribution in [0.4, 0.5) is 43.4 Å². The number of para-hydroxylation sites is 3. The van der Waals surface area contributed by atoms with Crippen LogP contribution in [-0.2, 0) is 22.6 Å². The van der Waals surface area contributed by atoms with E-state index in [2.05, 4.69) is 0 Å². The number of nitrogens with zero attached hydrogens (tertiary/aromatic N) is 2. The van der Waals surface area contributed by atoms with Crippen molar-refractivity contribution in [2.75, 3.05) is 23.9 Å². The standard InChI is InChI=1S/C26H24F6N2O/c1-24(2,17-14-18(25(27,28)29)16-19(15-17)26(30,31)32)23(35)34(4)22-13-9-8-12-21(22)33(3)20-10-6-5-7-11-20/h5-16H,1-4H3. The van der Waals surface area contributed by atoms with Gasteiger partial charge < -0.3 is 9.80 Å². The van der Waals surface area contributed by atoms with Gasteiger partial charge in [-0.2, -0.15) is 26.3 Å². The molecule has 0 radical (unpaired) electrons. The Labute approximate surface area is 199 Å². The number of halogens is 6. The molecule has 0 saturated heterocycles. The van der Waals surface area contributed by atoms with Gasteiger partial charge in [0.25, 0.3) is 0 Å². The van der Waals surface area contributed by atoms with E-state index in [1.54, 1.807) is 31.3 Å². The van der Waals surface area contributed by atoms with Crippen LogP contribution in [0.2, 0.25) is 0 Å². The molecule has 0 aromatic heterocycles. The molecule has 0 N–H and O–H groups in total. The van der Waals surface area contributed by atoms with Gasteiger partial charge in [-0.3, -0.25) is 4.79 Å². The molecule has 0 aliphatic heterocycles. The van der Waals surface area contributed by atoms with Crippen LogP contribution in [-0.4, -0.2) is 20.0 Å². The molecular weight excluding hydrogens is 470 g/mol. The Bertz CT molecular complexity index is 1170. The lowest BCUT2D eigenvalue weighted by Crippen LogP contribution is -2.42. The van der Waals surface area contributed by atoms with Crippen molar-refractivity contribution in [2.45, 2.75) is 31.6 Å². The summed E-state index contributed by atoms with van der Waals surface area (Å²) < 4.78 is 80.3. The predicted octanol–water partition coefficient (Wildman–Crippen LogP) is 7.43. The number of likely N-dealkylation sites (N-methyl/N-ethyl adjacent to an activating group) is 1. The van der Waals surface area contributed by atoms with E-state index in [-0.39, 0.29) is 11.6 Å². The first-order valence-electron chi connectivity index (χ1n) is 10.6. The van der Waals surface area contributed by atoms with Gasteiger partial charge in [0.2, 0.25) is 5.91 Å². The van der Waals surface area contributed by atoms with Crippen molar-refractivity contribution in [3.8, 4) is 0 Å². The first-order chi connectivity index (χ1) is 16.1. The van der Waals surface area contributed by atoms with Crippen LogP contribution in [0.15, 0.2) is 72.8 Å². The van der Waals surface area contributed by atoms with Crippen LogP contribution in [0.3, 0.4) is 0 Å². The van der Waals surface area contributed by atoms with E-state index in [0.717, 1.165) is 5.69 Å².